The van der Waals surface area contributed by atoms with E-state index in [0.717, 1.165) is 50.7 Å². The standard InChI is InChI=1S/C29H24N4O4S/c1-33-24-15-19(37-25-7-3-4-20-21(25)5-2-6-22(20)30)12-13-23(24)31-27(33)16-36-18-10-8-17(9-11-18)14-26-28(34)32-29(35)38-26/h2-13,15,26H,14,16,30H2,1H3,(H,32,34,35). The number of imidazole rings is 1. The molecule has 1 atom stereocenters. The molecule has 6 rings (SSSR count). The molecule has 2 amide bonds. The molecule has 9 heteroatoms. The summed E-state index contributed by atoms with van der Waals surface area (Å²) in [4.78, 5) is 27.9. The number of thioether (sulfide) groups is 1. The fourth-order valence-corrected chi connectivity index (χ4v) is 5.40. The Morgan fingerprint density at radius 1 is 0.974 bits per heavy atom. The molecule has 2 heterocycles. The highest BCUT2D eigenvalue weighted by molar-refractivity contribution is 8.15. The topological polar surface area (TPSA) is 108 Å². The minimum atomic E-state index is -0.387. The number of amides is 2. The van der Waals surface area contributed by atoms with E-state index in [2.05, 4.69) is 5.32 Å². The average Bonchev–Trinajstić information content (AvgIpc) is 3.40. The van der Waals surface area contributed by atoms with Crippen molar-refractivity contribution >= 4 is 50.4 Å². The van der Waals surface area contributed by atoms with Crippen molar-refractivity contribution in [3.05, 3.63) is 90.3 Å². The summed E-state index contributed by atoms with van der Waals surface area (Å²) >= 11 is 1.03. The van der Waals surface area contributed by atoms with Gasteiger partial charge in [-0.2, -0.15) is 0 Å². The summed E-state index contributed by atoms with van der Waals surface area (Å²) in [5, 5.41) is 3.55. The predicted octanol–water partition coefficient (Wildman–Crippen LogP) is 5.57. The summed E-state index contributed by atoms with van der Waals surface area (Å²) in [7, 11) is 1.95. The Balaban J connectivity index is 1.15. The SMILES string of the molecule is Cn1c(COc2ccc(CC3SC(=O)NC3=O)cc2)nc2ccc(Oc3cccc4c(N)cccc34)cc21. The molecule has 0 saturated carbocycles. The number of hydrogen-bond acceptors (Lipinski definition) is 7. The molecular weight excluding hydrogens is 500 g/mol. The summed E-state index contributed by atoms with van der Waals surface area (Å²) in [6.07, 6.45) is 0.490. The quantitative estimate of drug-likeness (QED) is 0.268. The maximum atomic E-state index is 11.8. The molecule has 0 aliphatic carbocycles. The van der Waals surface area contributed by atoms with Gasteiger partial charge in [-0.25, -0.2) is 4.98 Å². The number of nitrogens with two attached hydrogens (primary N) is 1. The summed E-state index contributed by atoms with van der Waals surface area (Å²) in [6, 6.07) is 25.0. The smallest absolute Gasteiger partial charge is 0.286 e. The molecule has 0 bridgehead atoms. The summed E-state index contributed by atoms with van der Waals surface area (Å²) in [6.45, 7) is 0.290. The zero-order chi connectivity index (χ0) is 26.2. The Hall–Kier alpha value is -4.50. The van der Waals surface area contributed by atoms with Gasteiger partial charge in [0.25, 0.3) is 5.24 Å². The van der Waals surface area contributed by atoms with Crippen LogP contribution in [-0.2, 0) is 24.9 Å². The van der Waals surface area contributed by atoms with E-state index in [0.29, 0.717) is 30.2 Å². The lowest BCUT2D eigenvalue weighted by Crippen LogP contribution is -2.25. The van der Waals surface area contributed by atoms with Gasteiger partial charge in [0.1, 0.15) is 29.7 Å². The first kappa shape index (κ1) is 23.9. The van der Waals surface area contributed by atoms with E-state index in [4.69, 9.17) is 20.2 Å². The first-order valence-corrected chi connectivity index (χ1v) is 13.0. The Morgan fingerprint density at radius 2 is 1.74 bits per heavy atom. The van der Waals surface area contributed by atoms with E-state index in [1.165, 1.54) is 0 Å². The van der Waals surface area contributed by atoms with Crippen LogP contribution >= 0.6 is 11.8 Å². The van der Waals surface area contributed by atoms with E-state index < -0.39 is 0 Å². The van der Waals surface area contributed by atoms with Gasteiger partial charge in [-0.05, 0) is 48.4 Å². The fourth-order valence-electron chi connectivity index (χ4n) is 4.54. The monoisotopic (exact) mass is 524 g/mol. The van der Waals surface area contributed by atoms with Crippen LogP contribution in [0.25, 0.3) is 21.8 Å². The third kappa shape index (κ3) is 4.64. The van der Waals surface area contributed by atoms with Crippen molar-refractivity contribution in [3.63, 3.8) is 0 Å². The molecule has 1 aromatic heterocycles. The number of carbonyl (C=O) groups excluding carboxylic acids is 2. The maximum absolute atomic E-state index is 11.8. The highest BCUT2D eigenvalue weighted by Gasteiger charge is 2.31. The minimum absolute atomic E-state index is 0.238. The van der Waals surface area contributed by atoms with Crippen LogP contribution < -0.4 is 20.5 Å². The number of imide groups is 1. The molecule has 38 heavy (non-hydrogen) atoms. The first-order chi connectivity index (χ1) is 18.4. The average molecular weight is 525 g/mol. The van der Waals surface area contributed by atoms with Gasteiger partial charge >= 0.3 is 0 Å². The number of nitrogens with zero attached hydrogens (tertiary/aromatic N) is 2. The van der Waals surface area contributed by atoms with Crippen molar-refractivity contribution in [1.29, 1.82) is 0 Å². The van der Waals surface area contributed by atoms with Crippen molar-refractivity contribution < 1.29 is 19.1 Å². The number of nitrogen functional groups attached to an aromatic ring is 1. The maximum Gasteiger partial charge on any atom is 0.286 e. The highest BCUT2D eigenvalue weighted by Crippen LogP contribution is 2.33. The molecule has 5 aromatic rings. The van der Waals surface area contributed by atoms with Gasteiger partial charge in [0, 0.05) is 29.6 Å². The Kier molecular flexibility index (Phi) is 6.13. The zero-order valence-corrected chi connectivity index (χ0v) is 21.3. The van der Waals surface area contributed by atoms with Crippen molar-refractivity contribution in [2.45, 2.75) is 18.3 Å². The molecule has 0 radical (unpaired) electrons. The van der Waals surface area contributed by atoms with Gasteiger partial charge in [-0.3, -0.25) is 14.9 Å². The summed E-state index contributed by atoms with van der Waals surface area (Å²) in [5.74, 6) is 2.67. The molecule has 8 nitrogen and oxygen atoms in total. The van der Waals surface area contributed by atoms with Gasteiger partial charge in [-0.1, -0.05) is 48.2 Å². The molecule has 1 saturated heterocycles. The van der Waals surface area contributed by atoms with Gasteiger partial charge in [0.2, 0.25) is 5.91 Å². The van der Waals surface area contributed by atoms with E-state index >= 15 is 0 Å². The van der Waals surface area contributed by atoms with Gasteiger partial charge < -0.3 is 19.8 Å². The van der Waals surface area contributed by atoms with Gasteiger partial charge in [-0.15, -0.1) is 0 Å². The van der Waals surface area contributed by atoms with E-state index in [9.17, 15) is 9.59 Å². The molecule has 1 unspecified atom stereocenters. The number of aryl methyl sites for hydroxylation is 1. The summed E-state index contributed by atoms with van der Waals surface area (Å²) in [5.41, 5.74) is 9.58. The van der Waals surface area contributed by atoms with E-state index in [-0.39, 0.29) is 16.4 Å². The zero-order valence-electron chi connectivity index (χ0n) is 20.5. The van der Waals surface area contributed by atoms with Gasteiger partial charge in [0.15, 0.2) is 0 Å². The van der Waals surface area contributed by atoms with Crippen LogP contribution in [0.1, 0.15) is 11.4 Å². The minimum Gasteiger partial charge on any atom is -0.486 e. The Morgan fingerprint density at radius 3 is 2.53 bits per heavy atom. The second kappa shape index (κ2) is 9.75. The highest BCUT2D eigenvalue weighted by atomic mass is 32.2. The molecule has 4 aromatic carbocycles. The van der Waals surface area contributed by atoms with Crippen molar-refractivity contribution in [3.8, 4) is 17.2 Å². The number of rotatable bonds is 7. The van der Waals surface area contributed by atoms with Crippen LogP contribution in [0.5, 0.6) is 17.2 Å². The van der Waals surface area contributed by atoms with Crippen LogP contribution in [0, 0.1) is 0 Å². The Labute approximate surface area is 222 Å². The normalized spacial score (nSPS) is 15.2. The molecule has 1 aliphatic heterocycles. The van der Waals surface area contributed by atoms with E-state index in [1.54, 1.807) is 0 Å². The second-order valence-electron chi connectivity index (χ2n) is 9.06. The van der Waals surface area contributed by atoms with E-state index in [1.807, 2.05) is 90.5 Å². The molecule has 1 fully saturated rings. The van der Waals surface area contributed by atoms with Crippen molar-refractivity contribution in [2.24, 2.45) is 7.05 Å². The summed E-state index contributed by atoms with van der Waals surface area (Å²) < 4.78 is 14.2. The Bertz CT molecular complexity index is 1700. The lowest BCUT2D eigenvalue weighted by molar-refractivity contribution is -0.118. The fraction of sp³-hybridized carbons (Fsp3) is 0.138. The number of nitrogens with one attached hydrogen (secondary N) is 1. The largest absolute Gasteiger partial charge is 0.486 e. The van der Waals surface area contributed by atoms with Crippen molar-refractivity contribution in [2.75, 3.05) is 5.73 Å². The molecule has 3 N–H and O–H groups in total. The molecular formula is C29H24N4O4S. The number of carbonyl (C=O) groups is 2. The molecule has 0 spiro atoms. The third-order valence-electron chi connectivity index (χ3n) is 6.57. The number of ether oxygens (including phenoxy) is 2. The number of fused-ring (bicyclic) bond motifs is 2. The molecule has 190 valence electrons. The predicted molar refractivity (Wildman–Crippen MR) is 149 cm³/mol. The lowest BCUT2D eigenvalue weighted by atomic mass is 10.1. The molecule has 1 aliphatic rings. The first-order valence-electron chi connectivity index (χ1n) is 12.1. The number of hydrogen-bond donors (Lipinski definition) is 2. The van der Waals surface area contributed by atoms with Crippen LogP contribution in [0.4, 0.5) is 10.5 Å². The lowest BCUT2D eigenvalue weighted by Gasteiger charge is -2.11. The van der Waals surface area contributed by atoms with Crippen LogP contribution in [-0.4, -0.2) is 25.9 Å². The number of anilines is 1. The van der Waals surface area contributed by atoms with Crippen LogP contribution in [0.2, 0.25) is 0 Å². The van der Waals surface area contributed by atoms with Crippen LogP contribution in [0.15, 0.2) is 78.9 Å². The van der Waals surface area contributed by atoms with Gasteiger partial charge in [0.05, 0.1) is 16.3 Å². The second-order valence-corrected chi connectivity index (χ2v) is 10.2. The third-order valence-corrected chi connectivity index (χ3v) is 7.55. The van der Waals surface area contributed by atoms with Crippen LogP contribution in [0.3, 0.4) is 0 Å². The van der Waals surface area contributed by atoms with Crippen molar-refractivity contribution in [1.82, 2.24) is 14.9 Å². The number of aromatic nitrogens is 2. The number of benzene rings is 4.